The molecule has 0 unspecified atom stereocenters. The van der Waals surface area contributed by atoms with Crippen molar-refractivity contribution in [1.29, 1.82) is 0 Å². The molecule has 0 bridgehead atoms. The molecule has 140 valence electrons. The molecule has 0 spiro atoms. The van der Waals surface area contributed by atoms with Gasteiger partial charge in [-0.05, 0) is 43.3 Å². The summed E-state index contributed by atoms with van der Waals surface area (Å²) in [4.78, 5) is 29.5. The number of benzene rings is 1. The monoisotopic (exact) mass is 379 g/mol. The molecule has 2 amide bonds. The van der Waals surface area contributed by atoms with Gasteiger partial charge < -0.3 is 15.2 Å². The summed E-state index contributed by atoms with van der Waals surface area (Å²) in [5.74, 6) is -0.676. The van der Waals surface area contributed by atoms with Crippen LogP contribution in [0.3, 0.4) is 0 Å². The Kier molecular flexibility index (Phi) is 4.32. The molecule has 9 heteroatoms. The summed E-state index contributed by atoms with van der Waals surface area (Å²) in [5, 5.41) is 8.93. The van der Waals surface area contributed by atoms with Crippen LogP contribution in [-0.4, -0.2) is 26.4 Å². The molecule has 3 heterocycles. The number of aryl methyl sites for hydroxylation is 1. The maximum Gasteiger partial charge on any atom is 0.293 e. The zero-order valence-corrected chi connectivity index (χ0v) is 14.6. The molecular weight excluding hydrogens is 365 g/mol. The number of amides is 2. The second-order valence-electron chi connectivity index (χ2n) is 5.98. The van der Waals surface area contributed by atoms with Gasteiger partial charge in [0.05, 0.1) is 5.52 Å². The van der Waals surface area contributed by atoms with E-state index in [1.54, 1.807) is 37.4 Å². The zero-order chi connectivity index (χ0) is 19.7. The van der Waals surface area contributed by atoms with Crippen LogP contribution in [0.25, 0.3) is 5.52 Å². The van der Waals surface area contributed by atoms with Gasteiger partial charge in [-0.25, -0.2) is 9.37 Å². The number of carbonyl (C=O) groups excluding carboxylic acids is 2. The maximum absolute atomic E-state index is 13.0. The third kappa shape index (κ3) is 3.32. The van der Waals surface area contributed by atoms with Gasteiger partial charge in [0, 0.05) is 18.0 Å². The molecule has 0 saturated carbocycles. The van der Waals surface area contributed by atoms with Gasteiger partial charge in [-0.2, -0.15) is 0 Å². The normalized spacial score (nSPS) is 10.8. The zero-order valence-electron chi connectivity index (χ0n) is 14.6. The molecule has 0 aliphatic heterocycles. The number of nitrogens with zero attached hydrogens (tertiary/aromatic N) is 3. The molecule has 0 aliphatic rings. The highest BCUT2D eigenvalue weighted by atomic mass is 19.1. The van der Waals surface area contributed by atoms with Gasteiger partial charge in [-0.15, -0.1) is 0 Å². The number of rotatable bonds is 4. The van der Waals surface area contributed by atoms with Crippen LogP contribution < -0.4 is 10.6 Å². The van der Waals surface area contributed by atoms with Crippen molar-refractivity contribution < 1.29 is 18.5 Å². The van der Waals surface area contributed by atoms with Gasteiger partial charge in [-0.1, -0.05) is 11.2 Å². The molecule has 0 atom stereocenters. The van der Waals surface area contributed by atoms with Crippen LogP contribution in [-0.2, 0) is 0 Å². The molecule has 0 fully saturated rings. The predicted octanol–water partition coefficient (Wildman–Crippen LogP) is 3.27. The van der Waals surface area contributed by atoms with E-state index in [4.69, 9.17) is 4.52 Å². The van der Waals surface area contributed by atoms with Crippen molar-refractivity contribution >= 4 is 28.8 Å². The Morgan fingerprint density at radius 1 is 1.07 bits per heavy atom. The van der Waals surface area contributed by atoms with E-state index < -0.39 is 17.6 Å². The largest absolute Gasteiger partial charge is 0.360 e. The van der Waals surface area contributed by atoms with Crippen LogP contribution in [0.1, 0.15) is 26.9 Å². The minimum atomic E-state index is -0.546. The molecule has 3 aromatic heterocycles. The third-order valence-electron chi connectivity index (χ3n) is 3.94. The predicted molar refractivity (Wildman–Crippen MR) is 98.7 cm³/mol. The Labute approximate surface area is 158 Å². The number of anilines is 2. The summed E-state index contributed by atoms with van der Waals surface area (Å²) in [6.07, 6.45) is 1.62. The summed E-state index contributed by atoms with van der Waals surface area (Å²) in [6, 6.07) is 12.0. The van der Waals surface area contributed by atoms with E-state index in [0.717, 1.165) is 0 Å². The second kappa shape index (κ2) is 6.95. The highest BCUT2D eigenvalue weighted by Crippen LogP contribution is 2.17. The minimum Gasteiger partial charge on any atom is -0.360 e. The molecular formula is C19H14FN5O3. The minimum absolute atomic E-state index is 0.0144. The van der Waals surface area contributed by atoms with Gasteiger partial charge in [0.25, 0.3) is 11.8 Å². The first-order valence-corrected chi connectivity index (χ1v) is 8.30. The lowest BCUT2D eigenvalue weighted by atomic mass is 10.2. The molecule has 8 nitrogen and oxygen atoms in total. The molecule has 28 heavy (non-hydrogen) atoms. The summed E-state index contributed by atoms with van der Waals surface area (Å²) < 4.78 is 19.5. The fourth-order valence-electron chi connectivity index (χ4n) is 2.69. The molecule has 4 aromatic rings. The van der Waals surface area contributed by atoms with Gasteiger partial charge in [0.15, 0.2) is 11.5 Å². The van der Waals surface area contributed by atoms with Crippen molar-refractivity contribution in [3.63, 3.8) is 0 Å². The number of pyridine rings is 1. The highest BCUT2D eigenvalue weighted by molar-refractivity contribution is 6.10. The van der Waals surface area contributed by atoms with Crippen molar-refractivity contribution in [2.75, 3.05) is 10.6 Å². The van der Waals surface area contributed by atoms with Crippen LogP contribution in [0.5, 0.6) is 0 Å². The van der Waals surface area contributed by atoms with E-state index >= 15 is 0 Å². The lowest BCUT2D eigenvalue weighted by Crippen LogP contribution is -2.16. The van der Waals surface area contributed by atoms with Crippen molar-refractivity contribution in [3.05, 3.63) is 77.8 Å². The number of fused-ring (bicyclic) bond motifs is 1. The summed E-state index contributed by atoms with van der Waals surface area (Å²) >= 11 is 0. The lowest BCUT2D eigenvalue weighted by Gasteiger charge is -2.03. The Morgan fingerprint density at radius 3 is 2.57 bits per heavy atom. The van der Waals surface area contributed by atoms with Crippen molar-refractivity contribution in [1.82, 2.24) is 14.5 Å². The first-order chi connectivity index (χ1) is 13.5. The smallest absolute Gasteiger partial charge is 0.293 e. The molecule has 1 aromatic carbocycles. The van der Waals surface area contributed by atoms with Gasteiger partial charge >= 0.3 is 0 Å². The second-order valence-corrected chi connectivity index (χ2v) is 5.98. The third-order valence-corrected chi connectivity index (χ3v) is 3.94. The fourth-order valence-corrected chi connectivity index (χ4v) is 2.69. The maximum atomic E-state index is 13.0. The molecule has 0 aliphatic carbocycles. The average Bonchev–Trinajstić information content (AvgIpc) is 3.27. The first-order valence-electron chi connectivity index (χ1n) is 8.30. The Bertz CT molecular complexity index is 1180. The van der Waals surface area contributed by atoms with E-state index in [1.807, 2.05) is 0 Å². The van der Waals surface area contributed by atoms with Crippen LogP contribution in [0.4, 0.5) is 15.9 Å². The number of carbonyl (C=O) groups is 2. The van der Waals surface area contributed by atoms with Gasteiger partial charge in [0.1, 0.15) is 11.6 Å². The van der Waals surface area contributed by atoms with E-state index in [1.165, 1.54) is 28.7 Å². The number of imidazole rings is 1. The lowest BCUT2D eigenvalue weighted by molar-refractivity contribution is 0.101. The van der Waals surface area contributed by atoms with Crippen molar-refractivity contribution in [3.8, 4) is 0 Å². The SMILES string of the molecule is Cc1cc(NC(=O)c2nc(C(=O)Nc3ccc(F)cc3)c3ccccn23)no1. The number of hydrogen-bond acceptors (Lipinski definition) is 5. The first kappa shape index (κ1) is 17.4. The molecule has 0 radical (unpaired) electrons. The highest BCUT2D eigenvalue weighted by Gasteiger charge is 2.22. The van der Waals surface area contributed by atoms with Crippen molar-refractivity contribution in [2.24, 2.45) is 0 Å². The van der Waals surface area contributed by atoms with Crippen LogP contribution in [0.2, 0.25) is 0 Å². The van der Waals surface area contributed by atoms with E-state index in [2.05, 4.69) is 20.8 Å². The number of aromatic nitrogens is 3. The van der Waals surface area contributed by atoms with Crippen LogP contribution in [0, 0.1) is 12.7 Å². The van der Waals surface area contributed by atoms with Gasteiger partial charge in [-0.3, -0.25) is 14.0 Å². The van der Waals surface area contributed by atoms with Crippen LogP contribution in [0.15, 0.2) is 59.3 Å². The van der Waals surface area contributed by atoms with Crippen molar-refractivity contribution in [2.45, 2.75) is 6.92 Å². The quantitative estimate of drug-likeness (QED) is 0.567. The summed E-state index contributed by atoms with van der Waals surface area (Å²) in [7, 11) is 0. The molecule has 4 rings (SSSR count). The van der Waals surface area contributed by atoms with Crippen LogP contribution >= 0.6 is 0 Å². The topological polar surface area (TPSA) is 102 Å². The standard InChI is InChI=1S/C19H14FN5O3/c1-11-10-15(24-28-11)22-19(27)17-23-16(14-4-2-3-9-25(14)17)18(26)21-13-7-5-12(20)6-8-13/h2-10H,1H3,(H,21,26)(H,22,24,27). The van der Waals surface area contributed by atoms with E-state index in [0.29, 0.717) is 17.0 Å². The summed E-state index contributed by atoms with van der Waals surface area (Å²) in [5.41, 5.74) is 0.919. The average molecular weight is 379 g/mol. The molecule has 2 N–H and O–H groups in total. The number of nitrogens with one attached hydrogen (secondary N) is 2. The van der Waals surface area contributed by atoms with Gasteiger partial charge in [0.2, 0.25) is 5.82 Å². The Hall–Kier alpha value is -4.01. The molecule has 0 saturated heterocycles. The number of hydrogen-bond donors (Lipinski definition) is 2. The number of halogens is 1. The fraction of sp³-hybridized carbons (Fsp3) is 0.0526. The Morgan fingerprint density at radius 2 is 1.86 bits per heavy atom. The van der Waals surface area contributed by atoms with E-state index in [9.17, 15) is 14.0 Å². The van der Waals surface area contributed by atoms with E-state index in [-0.39, 0.29) is 17.3 Å². The Balaban J connectivity index is 1.66. The summed E-state index contributed by atoms with van der Waals surface area (Å²) in [6.45, 7) is 1.70.